The monoisotopic (exact) mass is 405 g/mol. The summed E-state index contributed by atoms with van der Waals surface area (Å²) in [7, 11) is 0. The summed E-state index contributed by atoms with van der Waals surface area (Å²) in [6.07, 6.45) is 8.06. The van der Waals surface area contributed by atoms with Crippen LogP contribution in [-0.4, -0.2) is 0 Å². The van der Waals surface area contributed by atoms with E-state index in [0.717, 1.165) is 6.42 Å². The van der Waals surface area contributed by atoms with Crippen LogP contribution >= 0.6 is 0 Å². The normalized spacial score (nSPS) is 18.4. The van der Waals surface area contributed by atoms with Crippen LogP contribution in [0.1, 0.15) is 49.4 Å². The molecule has 1 unspecified atom stereocenters. The summed E-state index contributed by atoms with van der Waals surface area (Å²) >= 11 is 0. The van der Waals surface area contributed by atoms with Gasteiger partial charge >= 0.3 is 0 Å². The maximum absolute atomic E-state index is 2.41. The second-order valence-corrected chi connectivity index (χ2v) is 9.78. The molecule has 1 atom stereocenters. The molecule has 3 aromatic carbocycles. The van der Waals surface area contributed by atoms with Crippen molar-refractivity contribution in [1.29, 1.82) is 0 Å². The highest BCUT2D eigenvalue weighted by molar-refractivity contribution is 5.84. The van der Waals surface area contributed by atoms with Crippen molar-refractivity contribution in [3.8, 4) is 11.1 Å². The molecular formula is C30H31N. The van der Waals surface area contributed by atoms with E-state index in [2.05, 4.69) is 118 Å². The van der Waals surface area contributed by atoms with Crippen LogP contribution < -0.4 is 4.90 Å². The molecule has 0 aliphatic heterocycles. The van der Waals surface area contributed by atoms with Gasteiger partial charge < -0.3 is 4.90 Å². The Morgan fingerprint density at radius 1 is 0.774 bits per heavy atom. The fourth-order valence-corrected chi connectivity index (χ4v) is 5.00. The van der Waals surface area contributed by atoms with Gasteiger partial charge in [0.25, 0.3) is 0 Å². The van der Waals surface area contributed by atoms with E-state index in [1.165, 1.54) is 50.5 Å². The van der Waals surface area contributed by atoms with Crippen LogP contribution in [0.15, 0.2) is 84.6 Å². The van der Waals surface area contributed by atoms with Crippen molar-refractivity contribution >= 4 is 11.4 Å². The lowest BCUT2D eigenvalue weighted by atomic mass is 9.82. The van der Waals surface area contributed by atoms with Gasteiger partial charge in [-0.2, -0.15) is 0 Å². The molecule has 156 valence electrons. The summed E-state index contributed by atoms with van der Waals surface area (Å²) in [5.41, 5.74) is 11.9. The largest absolute Gasteiger partial charge is 0.311 e. The molecule has 0 spiro atoms. The van der Waals surface area contributed by atoms with Gasteiger partial charge in [0, 0.05) is 22.5 Å². The number of fused-ring (bicyclic) bond motifs is 3. The van der Waals surface area contributed by atoms with Gasteiger partial charge in [0.2, 0.25) is 0 Å². The first-order chi connectivity index (χ1) is 14.8. The lowest BCUT2D eigenvalue weighted by Crippen LogP contribution is -2.19. The van der Waals surface area contributed by atoms with Gasteiger partial charge in [-0.05, 0) is 78.8 Å². The highest BCUT2D eigenvalue weighted by atomic mass is 15.1. The minimum Gasteiger partial charge on any atom is -0.311 e. The number of benzene rings is 3. The third kappa shape index (κ3) is 3.33. The average Bonchev–Trinajstić information content (AvgIpc) is 2.97. The first-order valence-corrected chi connectivity index (χ1v) is 11.4. The molecule has 0 saturated heterocycles. The molecule has 0 N–H and O–H groups in total. The molecule has 1 nitrogen and oxygen atoms in total. The Morgan fingerprint density at radius 2 is 1.39 bits per heavy atom. The number of nitrogens with zero attached hydrogens (tertiary/aromatic N) is 1. The molecule has 0 bridgehead atoms. The van der Waals surface area contributed by atoms with Crippen LogP contribution in [-0.2, 0) is 5.41 Å². The topological polar surface area (TPSA) is 3.24 Å². The third-order valence-corrected chi connectivity index (χ3v) is 6.92. The minimum absolute atomic E-state index is 0.00303. The Bertz CT molecular complexity index is 1210. The molecule has 0 heterocycles. The molecular weight excluding hydrogens is 374 g/mol. The van der Waals surface area contributed by atoms with E-state index in [4.69, 9.17) is 0 Å². The summed E-state index contributed by atoms with van der Waals surface area (Å²) in [6.45, 7) is 11.3. The molecule has 0 amide bonds. The van der Waals surface area contributed by atoms with Gasteiger partial charge in [-0.25, -0.2) is 0 Å². The zero-order valence-electron chi connectivity index (χ0n) is 19.2. The summed E-state index contributed by atoms with van der Waals surface area (Å²) in [5, 5.41) is 0. The molecule has 3 aromatic rings. The zero-order chi connectivity index (χ0) is 21.8. The van der Waals surface area contributed by atoms with Gasteiger partial charge in [-0.15, -0.1) is 0 Å². The second-order valence-electron chi connectivity index (χ2n) is 9.78. The van der Waals surface area contributed by atoms with Crippen LogP contribution in [0.2, 0.25) is 0 Å². The Hall–Kier alpha value is -3.06. The molecule has 1 heteroatoms. The number of anilines is 2. The molecule has 5 rings (SSSR count). The van der Waals surface area contributed by atoms with Crippen LogP contribution in [0, 0.1) is 19.8 Å². The van der Waals surface area contributed by atoms with Crippen molar-refractivity contribution in [1.82, 2.24) is 0 Å². The molecule has 0 aromatic heterocycles. The standard InChI is InChI=1S/C30H31N/c1-20-6-11-23(12-7-20)31(24-13-8-21(2)9-14-24)25-15-17-27-26-16-10-22(3)18-28(26)30(4,5)29(27)19-25/h6-8,10-19,21H,9H2,1-5H3. The van der Waals surface area contributed by atoms with Crippen molar-refractivity contribution in [2.45, 2.75) is 46.5 Å². The molecule has 0 saturated carbocycles. The lowest BCUT2D eigenvalue weighted by Gasteiger charge is -2.30. The van der Waals surface area contributed by atoms with Crippen molar-refractivity contribution < 1.29 is 0 Å². The Balaban J connectivity index is 1.65. The smallest absolute Gasteiger partial charge is 0.0464 e. The summed E-state index contributed by atoms with van der Waals surface area (Å²) in [4.78, 5) is 2.41. The summed E-state index contributed by atoms with van der Waals surface area (Å²) in [5.74, 6) is 0.598. The van der Waals surface area contributed by atoms with Crippen LogP contribution in [0.5, 0.6) is 0 Å². The predicted octanol–water partition coefficient (Wildman–Crippen LogP) is 8.23. The van der Waals surface area contributed by atoms with Crippen LogP contribution in [0.3, 0.4) is 0 Å². The van der Waals surface area contributed by atoms with Gasteiger partial charge in [0.1, 0.15) is 0 Å². The number of hydrogen-bond acceptors (Lipinski definition) is 1. The van der Waals surface area contributed by atoms with E-state index in [1.807, 2.05) is 0 Å². The second kappa shape index (κ2) is 7.27. The third-order valence-electron chi connectivity index (χ3n) is 6.92. The van der Waals surface area contributed by atoms with E-state index in [-0.39, 0.29) is 5.41 Å². The van der Waals surface area contributed by atoms with Gasteiger partial charge in [0.15, 0.2) is 0 Å². The van der Waals surface area contributed by atoms with Gasteiger partial charge in [-0.3, -0.25) is 0 Å². The number of rotatable bonds is 3. The van der Waals surface area contributed by atoms with Crippen LogP contribution in [0.25, 0.3) is 11.1 Å². The molecule has 0 radical (unpaired) electrons. The number of aryl methyl sites for hydroxylation is 2. The van der Waals surface area contributed by atoms with E-state index >= 15 is 0 Å². The van der Waals surface area contributed by atoms with Crippen molar-refractivity contribution in [2.75, 3.05) is 4.90 Å². The Kier molecular flexibility index (Phi) is 4.66. The zero-order valence-corrected chi connectivity index (χ0v) is 19.2. The first kappa shape index (κ1) is 19.9. The predicted molar refractivity (Wildman–Crippen MR) is 133 cm³/mol. The Morgan fingerprint density at radius 3 is 2.06 bits per heavy atom. The minimum atomic E-state index is -0.00303. The maximum Gasteiger partial charge on any atom is 0.0464 e. The quantitative estimate of drug-likeness (QED) is 0.424. The van der Waals surface area contributed by atoms with Crippen molar-refractivity contribution in [2.24, 2.45) is 5.92 Å². The highest BCUT2D eigenvalue weighted by Gasteiger charge is 2.36. The highest BCUT2D eigenvalue weighted by Crippen LogP contribution is 2.50. The van der Waals surface area contributed by atoms with Gasteiger partial charge in [-0.1, -0.05) is 80.4 Å². The fourth-order valence-electron chi connectivity index (χ4n) is 5.00. The number of allylic oxidation sites excluding steroid dienone is 3. The first-order valence-electron chi connectivity index (χ1n) is 11.4. The fraction of sp³-hybridized carbons (Fsp3) is 0.267. The number of hydrogen-bond donors (Lipinski definition) is 0. The van der Waals surface area contributed by atoms with E-state index in [1.54, 1.807) is 0 Å². The van der Waals surface area contributed by atoms with Gasteiger partial charge in [0.05, 0.1) is 0 Å². The van der Waals surface area contributed by atoms with E-state index < -0.39 is 0 Å². The summed E-state index contributed by atoms with van der Waals surface area (Å²) < 4.78 is 0. The molecule has 31 heavy (non-hydrogen) atoms. The van der Waals surface area contributed by atoms with E-state index in [9.17, 15) is 0 Å². The SMILES string of the molecule is Cc1ccc(N(C2=CCC(C)C=C2)c2ccc3c(c2)C(C)(C)c2cc(C)ccc2-3)cc1. The van der Waals surface area contributed by atoms with Crippen LogP contribution in [0.4, 0.5) is 11.4 Å². The lowest BCUT2D eigenvalue weighted by molar-refractivity contribution is 0.659. The summed E-state index contributed by atoms with van der Waals surface area (Å²) in [6, 6.07) is 22.8. The van der Waals surface area contributed by atoms with E-state index in [0.29, 0.717) is 5.92 Å². The molecule has 2 aliphatic rings. The molecule has 0 fully saturated rings. The maximum atomic E-state index is 2.41. The average molecular weight is 406 g/mol. The Labute approximate surface area is 186 Å². The van der Waals surface area contributed by atoms with Crippen molar-refractivity contribution in [3.05, 3.63) is 107 Å². The molecule has 2 aliphatic carbocycles. The van der Waals surface area contributed by atoms with Crippen molar-refractivity contribution in [3.63, 3.8) is 0 Å².